The zero-order valence-electron chi connectivity index (χ0n) is 14.8. The molecule has 2 aromatic heterocycles. The van der Waals surface area contributed by atoms with Crippen molar-refractivity contribution in [2.24, 2.45) is 0 Å². The minimum atomic E-state index is -1.03. The summed E-state index contributed by atoms with van der Waals surface area (Å²) in [6, 6.07) is 9.19. The Hall–Kier alpha value is -3.62. The van der Waals surface area contributed by atoms with Crippen molar-refractivity contribution in [1.82, 2.24) is 19.9 Å². The van der Waals surface area contributed by atoms with Crippen molar-refractivity contribution in [3.63, 3.8) is 0 Å². The summed E-state index contributed by atoms with van der Waals surface area (Å²) in [5.74, 6) is 0.297. The molecule has 9 nitrogen and oxygen atoms in total. The van der Waals surface area contributed by atoms with Crippen molar-refractivity contribution < 1.29 is 14.7 Å². The number of benzene rings is 1. The molecule has 0 spiro atoms. The van der Waals surface area contributed by atoms with Crippen LogP contribution in [0.4, 0.5) is 22.1 Å². The van der Waals surface area contributed by atoms with E-state index < -0.39 is 6.09 Å². The highest BCUT2D eigenvalue weighted by Crippen LogP contribution is 2.20. The normalized spacial score (nSPS) is 10.6. The lowest BCUT2D eigenvalue weighted by Gasteiger charge is -2.09. The maximum Gasteiger partial charge on any atom is 0.404 e. The molecule has 0 atom stereocenters. The Morgan fingerprint density at radius 2 is 2.04 bits per heavy atom. The number of nitrogens with zero attached hydrogens (tertiary/aromatic N) is 3. The maximum atomic E-state index is 11.2. The van der Waals surface area contributed by atoms with E-state index in [0.29, 0.717) is 31.1 Å². The molecule has 0 saturated carbocycles. The Kier molecular flexibility index (Phi) is 5.50. The van der Waals surface area contributed by atoms with E-state index in [4.69, 9.17) is 5.11 Å². The third-order valence-electron chi connectivity index (χ3n) is 3.79. The van der Waals surface area contributed by atoms with Gasteiger partial charge in [-0.1, -0.05) is 6.07 Å². The van der Waals surface area contributed by atoms with Crippen LogP contribution in [0, 0.1) is 0 Å². The van der Waals surface area contributed by atoms with E-state index in [1.807, 2.05) is 29.0 Å². The summed E-state index contributed by atoms with van der Waals surface area (Å²) in [7, 11) is 0. The summed E-state index contributed by atoms with van der Waals surface area (Å²) in [6.45, 7) is 2.47. The predicted octanol–water partition coefficient (Wildman–Crippen LogP) is 2.79. The summed E-state index contributed by atoms with van der Waals surface area (Å²) < 4.78 is 1.96. The number of carboxylic acid groups (broad SMARTS) is 1. The van der Waals surface area contributed by atoms with E-state index in [1.165, 1.54) is 6.92 Å². The first-order valence-electron chi connectivity index (χ1n) is 8.44. The van der Waals surface area contributed by atoms with Crippen molar-refractivity contribution in [2.45, 2.75) is 19.9 Å². The van der Waals surface area contributed by atoms with Crippen molar-refractivity contribution in [2.75, 3.05) is 17.2 Å². The van der Waals surface area contributed by atoms with Crippen LogP contribution in [-0.4, -0.2) is 38.2 Å². The highest BCUT2D eigenvalue weighted by molar-refractivity contribution is 5.89. The highest BCUT2D eigenvalue weighted by atomic mass is 16.4. The van der Waals surface area contributed by atoms with Gasteiger partial charge in [-0.3, -0.25) is 4.79 Å². The van der Waals surface area contributed by atoms with Gasteiger partial charge >= 0.3 is 6.09 Å². The molecule has 2 amide bonds. The van der Waals surface area contributed by atoms with E-state index in [1.54, 1.807) is 18.3 Å². The molecule has 0 radical (unpaired) electrons. The predicted molar refractivity (Wildman–Crippen MR) is 102 cm³/mol. The van der Waals surface area contributed by atoms with Crippen LogP contribution in [0.5, 0.6) is 0 Å². The molecule has 0 fully saturated rings. The van der Waals surface area contributed by atoms with Gasteiger partial charge in [-0.25, -0.2) is 9.78 Å². The lowest BCUT2D eigenvalue weighted by Crippen LogP contribution is -2.22. The summed E-state index contributed by atoms with van der Waals surface area (Å²) in [4.78, 5) is 30.6. The number of anilines is 3. The third-order valence-corrected chi connectivity index (χ3v) is 3.79. The molecule has 2 heterocycles. The minimum absolute atomic E-state index is 0.139. The molecule has 140 valence electrons. The zero-order chi connectivity index (χ0) is 19.2. The van der Waals surface area contributed by atoms with Crippen LogP contribution in [0.25, 0.3) is 11.0 Å². The van der Waals surface area contributed by atoms with Gasteiger partial charge in [0.05, 0.1) is 0 Å². The second kappa shape index (κ2) is 8.17. The molecule has 9 heteroatoms. The number of carbonyl (C=O) groups excluding carboxylic acids is 1. The number of rotatable bonds is 7. The first kappa shape index (κ1) is 18.2. The molecule has 27 heavy (non-hydrogen) atoms. The van der Waals surface area contributed by atoms with Crippen LogP contribution < -0.4 is 16.0 Å². The molecule has 4 N–H and O–H groups in total. The third kappa shape index (κ3) is 4.94. The standard InChI is InChI=1S/C18H20N6O3/c1-12(25)21-14-4-2-5-15(10-14)22-17-20-11-13-6-9-24(16(13)23-17)8-3-7-19-18(26)27/h2,4-6,9-11,19H,3,7-8H2,1H3,(H,21,25)(H,26,27)(H,20,22,23). The molecule has 0 bridgehead atoms. The van der Waals surface area contributed by atoms with Crippen molar-refractivity contribution in [3.05, 3.63) is 42.7 Å². The number of aromatic nitrogens is 3. The smallest absolute Gasteiger partial charge is 0.404 e. The van der Waals surface area contributed by atoms with Gasteiger partial charge in [0.25, 0.3) is 0 Å². The Morgan fingerprint density at radius 3 is 2.81 bits per heavy atom. The number of carbonyl (C=O) groups is 2. The van der Waals surface area contributed by atoms with Gasteiger partial charge in [0, 0.05) is 49.2 Å². The van der Waals surface area contributed by atoms with E-state index in [2.05, 4.69) is 25.9 Å². The second-order valence-corrected chi connectivity index (χ2v) is 5.95. The van der Waals surface area contributed by atoms with E-state index >= 15 is 0 Å². The fourth-order valence-corrected chi connectivity index (χ4v) is 2.66. The number of amides is 2. The van der Waals surface area contributed by atoms with E-state index in [-0.39, 0.29) is 5.91 Å². The second-order valence-electron chi connectivity index (χ2n) is 5.95. The quantitative estimate of drug-likeness (QED) is 0.476. The lowest BCUT2D eigenvalue weighted by atomic mass is 10.2. The Labute approximate surface area is 155 Å². The monoisotopic (exact) mass is 368 g/mol. The van der Waals surface area contributed by atoms with E-state index in [0.717, 1.165) is 16.7 Å². The topological polar surface area (TPSA) is 121 Å². The van der Waals surface area contributed by atoms with Gasteiger partial charge in [0.2, 0.25) is 11.9 Å². The average Bonchev–Trinajstić information content (AvgIpc) is 3.01. The van der Waals surface area contributed by atoms with Crippen LogP contribution >= 0.6 is 0 Å². The molecule has 0 unspecified atom stereocenters. The van der Waals surface area contributed by atoms with Gasteiger partial charge < -0.3 is 25.6 Å². The zero-order valence-corrected chi connectivity index (χ0v) is 14.8. The Balaban J connectivity index is 1.73. The lowest BCUT2D eigenvalue weighted by molar-refractivity contribution is -0.114. The van der Waals surface area contributed by atoms with Gasteiger partial charge in [0.1, 0.15) is 5.65 Å². The van der Waals surface area contributed by atoms with Crippen LogP contribution in [0.3, 0.4) is 0 Å². The van der Waals surface area contributed by atoms with Crippen molar-refractivity contribution >= 4 is 40.4 Å². The summed E-state index contributed by atoms with van der Waals surface area (Å²) >= 11 is 0. The highest BCUT2D eigenvalue weighted by Gasteiger charge is 2.07. The van der Waals surface area contributed by atoms with Crippen LogP contribution in [-0.2, 0) is 11.3 Å². The molecule has 0 aliphatic heterocycles. The summed E-state index contributed by atoms with van der Waals surface area (Å²) in [5.41, 5.74) is 2.20. The minimum Gasteiger partial charge on any atom is -0.465 e. The van der Waals surface area contributed by atoms with Crippen LogP contribution in [0.1, 0.15) is 13.3 Å². The number of fused-ring (bicyclic) bond motifs is 1. The molecule has 1 aromatic carbocycles. The maximum absolute atomic E-state index is 11.2. The van der Waals surface area contributed by atoms with E-state index in [9.17, 15) is 9.59 Å². The van der Waals surface area contributed by atoms with Gasteiger partial charge in [-0.05, 0) is 30.7 Å². The van der Waals surface area contributed by atoms with Gasteiger partial charge in [0.15, 0.2) is 0 Å². The molecular weight excluding hydrogens is 348 g/mol. The fourth-order valence-electron chi connectivity index (χ4n) is 2.66. The van der Waals surface area contributed by atoms with Crippen LogP contribution in [0.2, 0.25) is 0 Å². The van der Waals surface area contributed by atoms with Gasteiger partial charge in [-0.2, -0.15) is 4.98 Å². The van der Waals surface area contributed by atoms with Crippen molar-refractivity contribution in [3.8, 4) is 0 Å². The molecular formula is C18H20N6O3. The molecule has 0 aliphatic rings. The number of hydrogen-bond donors (Lipinski definition) is 4. The first-order chi connectivity index (χ1) is 13.0. The first-order valence-corrected chi connectivity index (χ1v) is 8.44. The molecule has 3 aromatic rings. The number of nitrogens with one attached hydrogen (secondary N) is 3. The summed E-state index contributed by atoms with van der Waals surface area (Å²) in [6.07, 6.45) is 3.26. The SMILES string of the molecule is CC(=O)Nc1cccc(Nc2ncc3ccn(CCCNC(=O)O)c3n2)c1. The number of hydrogen-bond acceptors (Lipinski definition) is 5. The van der Waals surface area contributed by atoms with Crippen molar-refractivity contribution in [1.29, 1.82) is 0 Å². The van der Waals surface area contributed by atoms with Gasteiger partial charge in [-0.15, -0.1) is 0 Å². The van der Waals surface area contributed by atoms with Crippen LogP contribution in [0.15, 0.2) is 42.7 Å². The summed E-state index contributed by atoms with van der Waals surface area (Å²) in [5, 5.41) is 17.7. The molecule has 0 aliphatic carbocycles. The Morgan fingerprint density at radius 1 is 1.22 bits per heavy atom. The Bertz CT molecular complexity index is 969. The largest absolute Gasteiger partial charge is 0.465 e. The molecule has 3 rings (SSSR count). The number of aryl methyl sites for hydroxylation is 1. The fraction of sp³-hybridized carbons (Fsp3) is 0.222. The average molecular weight is 368 g/mol. The molecule has 0 saturated heterocycles.